The third-order valence-electron chi connectivity index (χ3n) is 2.80. The van der Waals surface area contributed by atoms with E-state index in [1.807, 2.05) is 0 Å². The van der Waals surface area contributed by atoms with E-state index in [0.717, 1.165) is 0 Å². The highest BCUT2D eigenvalue weighted by Crippen LogP contribution is 2.29. The molecule has 1 aromatic carbocycles. The highest BCUT2D eigenvalue weighted by Gasteiger charge is 2.13. The highest BCUT2D eigenvalue weighted by molar-refractivity contribution is 5.94. The molecule has 0 aromatic heterocycles. The van der Waals surface area contributed by atoms with Gasteiger partial charge in [-0.2, -0.15) is 0 Å². The molecule has 6 nitrogen and oxygen atoms in total. The fourth-order valence-corrected chi connectivity index (χ4v) is 1.75. The predicted octanol–water partition coefficient (Wildman–Crippen LogP) is 1.68. The van der Waals surface area contributed by atoms with E-state index in [1.165, 1.54) is 26.0 Å². The largest absolute Gasteiger partial charge is 0.493 e. The Labute approximate surface area is 124 Å². The summed E-state index contributed by atoms with van der Waals surface area (Å²) in [5.41, 5.74) is 0.569. The number of hydrogen-bond acceptors (Lipinski definition) is 4. The van der Waals surface area contributed by atoms with Crippen molar-refractivity contribution in [1.29, 1.82) is 0 Å². The molecule has 0 atom stereocenters. The molecule has 1 aromatic rings. The van der Waals surface area contributed by atoms with Crippen LogP contribution in [0.5, 0.6) is 11.5 Å². The predicted molar refractivity (Wildman–Crippen MR) is 80.6 cm³/mol. The summed E-state index contributed by atoms with van der Waals surface area (Å²) in [6, 6.07) is 5.05. The summed E-state index contributed by atoms with van der Waals surface area (Å²) in [6.45, 7) is 5.27. The van der Waals surface area contributed by atoms with Crippen molar-refractivity contribution in [2.24, 2.45) is 0 Å². The molecule has 1 N–H and O–H groups in total. The number of amides is 2. The van der Waals surface area contributed by atoms with Crippen LogP contribution in [0.15, 0.2) is 30.9 Å². The number of carbonyl (C=O) groups excluding carboxylic acids is 2. The van der Waals surface area contributed by atoms with Gasteiger partial charge in [-0.15, -0.1) is 6.58 Å². The molecular weight excluding hydrogens is 272 g/mol. The van der Waals surface area contributed by atoms with Crippen molar-refractivity contribution in [2.75, 3.05) is 32.6 Å². The fraction of sp³-hybridized carbons (Fsp3) is 0.333. The Balaban J connectivity index is 2.74. The van der Waals surface area contributed by atoms with Crippen molar-refractivity contribution in [3.63, 3.8) is 0 Å². The topological polar surface area (TPSA) is 67.9 Å². The lowest BCUT2D eigenvalue weighted by Gasteiger charge is -2.18. The molecule has 0 aliphatic carbocycles. The number of benzene rings is 1. The van der Waals surface area contributed by atoms with Crippen molar-refractivity contribution >= 4 is 17.5 Å². The summed E-state index contributed by atoms with van der Waals surface area (Å²) in [5.74, 6) is 0.619. The van der Waals surface area contributed by atoms with Crippen LogP contribution in [0.3, 0.4) is 0 Å². The normalized spacial score (nSPS) is 9.67. The van der Waals surface area contributed by atoms with Crippen molar-refractivity contribution in [2.45, 2.75) is 6.92 Å². The van der Waals surface area contributed by atoms with Crippen molar-refractivity contribution in [3.05, 3.63) is 30.9 Å². The van der Waals surface area contributed by atoms with Crippen molar-refractivity contribution in [1.82, 2.24) is 4.90 Å². The molecule has 21 heavy (non-hydrogen) atoms. The fourth-order valence-electron chi connectivity index (χ4n) is 1.75. The smallest absolute Gasteiger partial charge is 0.244 e. The first kappa shape index (κ1) is 16.6. The second-order valence-corrected chi connectivity index (χ2v) is 4.31. The highest BCUT2D eigenvalue weighted by atomic mass is 16.5. The van der Waals surface area contributed by atoms with Gasteiger partial charge < -0.3 is 19.7 Å². The van der Waals surface area contributed by atoms with E-state index in [-0.39, 0.29) is 18.4 Å². The van der Waals surface area contributed by atoms with E-state index in [4.69, 9.17) is 9.47 Å². The molecule has 2 amide bonds. The van der Waals surface area contributed by atoms with E-state index in [0.29, 0.717) is 23.7 Å². The maximum absolute atomic E-state index is 11.9. The minimum Gasteiger partial charge on any atom is -0.493 e. The first-order chi connectivity index (χ1) is 10.0. The zero-order chi connectivity index (χ0) is 15.8. The molecule has 114 valence electrons. The first-order valence-corrected chi connectivity index (χ1v) is 6.40. The van der Waals surface area contributed by atoms with Gasteiger partial charge in [0.15, 0.2) is 11.5 Å². The summed E-state index contributed by atoms with van der Waals surface area (Å²) in [4.78, 5) is 24.7. The number of nitrogens with zero attached hydrogens (tertiary/aromatic N) is 1. The molecule has 0 aliphatic rings. The minimum absolute atomic E-state index is 0.0320. The number of nitrogens with one attached hydrogen (secondary N) is 1. The van der Waals surface area contributed by atoms with E-state index in [1.54, 1.807) is 24.3 Å². The van der Waals surface area contributed by atoms with E-state index in [2.05, 4.69) is 11.9 Å². The third kappa shape index (κ3) is 4.83. The van der Waals surface area contributed by atoms with Crippen LogP contribution < -0.4 is 14.8 Å². The molecule has 0 unspecified atom stereocenters. The third-order valence-corrected chi connectivity index (χ3v) is 2.80. The van der Waals surface area contributed by atoms with Gasteiger partial charge in [0.25, 0.3) is 0 Å². The standard InChI is InChI=1S/C15H20N2O4/c1-5-8-17(11(2)18)10-15(19)16-12-6-7-13(20-3)14(9-12)21-4/h5-7,9H,1,8,10H2,2-4H3,(H,16,19). The quantitative estimate of drug-likeness (QED) is 0.776. The summed E-state index contributed by atoms with van der Waals surface area (Å²) in [7, 11) is 3.06. The Morgan fingerprint density at radius 3 is 2.48 bits per heavy atom. The molecule has 1 rings (SSSR count). The number of methoxy groups -OCH3 is 2. The second-order valence-electron chi connectivity index (χ2n) is 4.31. The number of rotatable bonds is 7. The molecule has 0 saturated heterocycles. The lowest BCUT2D eigenvalue weighted by molar-refractivity contribution is -0.132. The van der Waals surface area contributed by atoms with Gasteiger partial charge in [-0.05, 0) is 12.1 Å². The van der Waals surface area contributed by atoms with E-state index in [9.17, 15) is 9.59 Å². The molecule has 0 heterocycles. The first-order valence-electron chi connectivity index (χ1n) is 6.40. The Kier molecular flexibility index (Phi) is 6.26. The zero-order valence-corrected chi connectivity index (χ0v) is 12.5. The van der Waals surface area contributed by atoms with Crippen LogP contribution in [0.2, 0.25) is 0 Å². The van der Waals surface area contributed by atoms with Crippen molar-refractivity contribution in [3.8, 4) is 11.5 Å². The molecule has 0 bridgehead atoms. The van der Waals surface area contributed by atoms with Gasteiger partial charge in [0, 0.05) is 25.2 Å². The summed E-state index contributed by atoms with van der Waals surface area (Å²) in [5, 5.41) is 2.71. The van der Waals surface area contributed by atoms with Crippen LogP contribution in [0.25, 0.3) is 0 Å². The molecule has 6 heteroatoms. The van der Waals surface area contributed by atoms with E-state index >= 15 is 0 Å². The van der Waals surface area contributed by atoms with Gasteiger partial charge in [0.1, 0.15) is 6.54 Å². The van der Waals surface area contributed by atoms with Crippen LogP contribution in [-0.4, -0.2) is 44.0 Å². The summed E-state index contributed by atoms with van der Waals surface area (Å²) in [6.07, 6.45) is 1.57. The maximum atomic E-state index is 11.9. The number of hydrogen-bond donors (Lipinski definition) is 1. The molecular formula is C15H20N2O4. The maximum Gasteiger partial charge on any atom is 0.244 e. The van der Waals surface area contributed by atoms with Gasteiger partial charge in [-0.1, -0.05) is 6.08 Å². The van der Waals surface area contributed by atoms with Crippen LogP contribution >= 0.6 is 0 Å². The zero-order valence-electron chi connectivity index (χ0n) is 12.5. The van der Waals surface area contributed by atoms with Crippen molar-refractivity contribution < 1.29 is 19.1 Å². The average Bonchev–Trinajstić information content (AvgIpc) is 2.46. The molecule has 0 radical (unpaired) electrons. The number of carbonyl (C=O) groups is 2. The molecule has 0 aliphatic heterocycles. The second kappa shape index (κ2) is 7.94. The van der Waals surface area contributed by atoms with E-state index < -0.39 is 0 Å². The van der Waals surface area contributed by atoms with Gasteiger partial charge in [-0.3, -0.25) is 9.59 Å². The van der Waals surface area contributed by atoms with Crippen LogP contribution in [-0.2, 0) is 9.59 Å². The Bertz CT molecular complexity index is 528. The Morgan fingerprint density at radius 1 is 1.29 bits per heavy atom. The lowest BCUT2D eigenvalue weighted by Crippen LogP contribution is -2.36. The Hall–Kier alpha value is -2.50. The average molecular weight is 292 g/mol. The molecule has 0 spiro atoms. The van der Waals surface area contributed by atoms with Gasteiger partial charge in [0.2, 0.25) is 11.8 Å². The molecule has 0 fully saturated rings. The molecule has 0 saturated carbocycles. The van der Waals surface area contributed by atoms with Crippen LogP contribution in [0.4, 0.5) is 5.69 Å². The van der Waals surface area contributed by atoms with Gasteiger partial charge >= 0.3 is 0 Å². The number of anilines is 1. The SMILES string of the molecule is C=CCN(CC(=O)Nc1ccc(OC)c(OC)c1)C(C)=O. The Morgan fingerprint density at radius 2 is 1.95 bits per heavy atom. The van der Waals surface area contributed by atoms with Gasteiger partial charge in [0.05, 0.1) is 14.2 Å². The van der Waals surface area contributed by atoms with Gasteiger partial charge in [-0.25, -0.2) is 0 Å². The number of ether oxygens (including phenoxy) is 2. The lowest BCUT2D eigenvalue weighted by atomic mass is 10.2. The summed E-state index contributed by atoms with van der Waals surface area (Å²) < 4.78 is 10.3. The van der Waals surface area contributed by atoms with Crippen LogP contribution in [0.1, 0.15) is 6.92 Å². The monoisotopic (exact) mass is 292 g/mol. The minimum atomic E-state index is -0.292. The summed E-state index contributed by atoms with van der Waals surface area (Å²) >= 11 is 0. The van der Waals surface area contributed by atoms with Crippen LogP contribution in [0, 0.1) is 0 Å².